The van der Waals surface area contributed by atoms with Crippen molar-refractivity contribution in [1.29, 1.82) is 0 Å². The van der Waals surface area contributed by atoms with Crippen molar-refractivity contribution in [2.24, 2.45) is 4.76 Å². The normalized spacial score (nSPS) is 13.5. The van der Waals surface area contributed by atoms with E-state index in [4.69, 9.17) is 0 Å². The second-order valence-corrected chi connectivity index (χ2v) is 4.62. The molecular formula is C9H15F3NO5P. The Morgan fingerprint density at radius 1 is 1.11 bits per heavy atom. The zero-order valence-electron chi connectivity index (χ0n) is 10.7. The van der Waals surface area contributed by atoms with Gasteiger partial charge in [-0.3, -0.25) is 9.05 Å². The number of carbonyl (C=O) groups is 1. The second-order valence-electron chi connectivity index (χ2n) is 2.97. The van der Waals surface area contributed by atoms with Gasteiger partial charge in [-0.1, -0.05) is 0 Å². The van der Waals surface area contributed by atoms with Gasteiger partial charge >= 0.3 is 19.9 Å². The lowest BCUT2D eigenvalue weighted by Crippen LogP contribution is -2.32. The van der Waals surface area contributed by atoms with Gasteiger partial charge in [0.15, 0.2) is 0 Å². The smallest absolute Gasteiger partial charge is 0.454 e. The van der Waals surface area contributed by atoms with Crippen LogP contribution in [0.1, 0.15) is 20.8 Å². The fraction of sp³-hybridized carbons (Fsp3) is 0.778. The lowest BCUT2D eigenvalue weighted by atomic mass is 10.4. The minimum atomic E-state index is -5.11. The fourth-order valence-corrected chi connectivity index (χ4v) is 2.24. The molecule has 0 atom stereocenters. The highest BCUT2D eigenvalue weighted by atomic mass is 31.2. The average molecular weight is 305 g/mol. The highest BCUT2D eigenvalue weighted by Crippen LogP contribution is 2.50. The summed E-state index contributed by atoms with van der Waals surface area (Å²) in [6.45, 7) is 3.49. The number of hydrogen-bond acceptors (Lipinski definition) is 5. The van der Waals surface area contributed by atoms with Crippen molar-refractivity contribution in [3.8, 4) is 0 Å². The molecule has 0 aromatic rings. The van der Waals surface area contributed by atoms with Gasteiger partial charge in [-0.15, -0.1) is 0 Å². The number of alkyl halides is 3. The average Bonchev–Trinajstić information content (AvgIpc) is 2.25. The van der Waals surface area contributed by atoms with Crippen molar-refractivity contribution in [3.05, 3.63) is 0 Å². The summed E-state index contributed by atoms with van der Waals surface area (Å²) in [6.07, 6.45) is -5.11. The third kappa shape index (κ3) is 6.17. The number of halogens is 3. The van der Waals surface area contributed by atoms with Crippen LogP contribution in [0.4, 0.5) is 13.2 Å². The van der Waals surface area contributed by atoms with E-state index in [0.29, 0.717) is 0 Å². The number of ether oxygens (including phenoxy) is 1. The Kier molecular flexibility index (Phi) is 7.25. The monoisotopic (exact) mass is 305 g/mol. The Bertz CT molecular complexity index is 373. The largest absolute Gasteiger partial charge is 0.461 e. The van der Waals surface area contributed by atoms with Gasteiger partial charge in [-0.05, 0) is 20.8 Å². The zero-order chi connectivity index (χ0) is 15.1. The van der Waals surface area contributed by atoms with Crippen LogP contribution in [0.25, 0.3) is 0 Å². The maximum atomic E-state index is 12.6. The summed E-state index contributed by atoms with van der Waals surface area (Å²) in [7, 11) is -4.38. The SMILES string of the molecule is CCOC(=O)/C(=N/P(=O)(OCC)OCC)C(F)(F)F. The van der Waals surface area contributed by atoms with Crippen molar-refractivity contribution in [2.75, 3.05) is 19.8 Å². The first-order valence-electron chi connectivity index (χ1n) is 5.43. The predicted molar refractivity (Wildman–Crippen MR) is 61.0 cm³/mol. The highest BCUT2D eigenvalue weighted by Gasteiger charge is 2.45. The maximum absolute atomic E-state index is 12.6. The molecule has 0 aliphatic rings. The lowest BCUT2D eigenvalue weighted by molar-refractivity contribution is -0.139. The summed E-state index contributed by atoms with van der Waals surface area (Å²) in [5, 5.41) is 0. The lowest BCUT2D eigenvalue weighted by Gasteiger charge is -2.15. The van der Waals surface area contributed by atoms with Gasteiger partial charge < -0.3 is 4.74 Å². The van der Waals surface area contributed by atoms with Gasteiger partial charge in [0, 0.05) is 0 Å². The number of carbonyl (C=O) groups excluding carboxylic acids is 1. The maximum Gasteiger partial charge on any atom is 0.454 e. The fourth-order valence-electron chi connectivity index (χ4n) is 0.956. The molecule has 0 radical (unpaired) electrons. The molecule has 0 aliphatic heterocycles. The second kappa shape index (κ2) is 7.62. The summed E-state index contributed by atoms with van der Waals surface area (Å²) in [5.41, 5.74) is -1.94. The molecule has 0 saturated heterocycles. The molecular weight excluding hydrogens is 290 g/mol. The van der Waals surface area contributed by atoms with Crippen LogP contribution in [0.15, 0.2) is 4.76 Å². The van der Waals surface area contributed by atoms with Gasteiger partial charge in [-0.2, -0.15) is 17.9 Å². The minimum absolute atomic E-state index is 0.186. The van der Waals surface area contributed by atoms with Crippen LogP contribution in [0.2, 0.25) is 0 Å². The predicted octanol–water partition coefficient (Wildman–Crippen LogP) is 2.73. The third-order valence-corrected chi connectivity index (χ3v) is 3.16. The van der Waals surface area contributed by atoms with E-state index in [2.05, 4.69) is 18.5 Å². The van der Waals surface area contributed by atoms with Crippen LogP contribution >= 0.6 is 7.75 Å². The van der Waals surface area contributed by atoms with Crippen molar-refractivity contribution in [2.45, 2.75) is 26.9 Å². The van der Waals surface area contributed by atoms with E-state index in [1.165, 1.54) is 20.8 Å². The van der Waals surface area contributed by atoms with Gasteiger partial charge in [0.2, 0.25) is 5.71 Å². The Morgan fingerprint density at radius 2 is 1.58 bits per heavy atom. The van der Waals surface area contributed by atoms with Crippen molar-refractivity contribution < 1.29 is 36.3 Å². The first-order chi connectivity index (χ1) is 8.70. The Balaban J connectivity index is 5.50. The molecule has 0 saturated carbocycles. The molecule has 19 heavy (non-hydrogen) atoms. The quantitative estimate of drug-likeness (QED) is 0.411. The minimum Gasteiger partial charge on any atom is -0.461 e. The van der Waals surface area contributed by atoms with Gasteiger partial charge in [0.25, 0.3) is 0 Å². The molecule has 0 unspecified atom stereocenters. The molecule has 0 heterocycles. The van der Waals surface area contributed by atoms with Crippen LogP contribution in [0.3, 0.4) is 0 Å². The molecule has 0 spiro atoms. The van der Waals surface area contributed by atoms with Gasteiger partial charge in [0.1, 0.15) is 0 Å². The third-order valence-electron chi connectivity index (χ3n) is 1.54. The Hall–Kier alpha value is -0.920. The summed E-state index contributed by atoms with van der Waals surface area (Å²) >= 11 is 0. The summed E-state index contributed by atoms with van der Waals surface area (Å²) < 4.78 is 65.9. The number of esters is 1. The molecule has 0 aromatic carbocycles. The first-order valence-corrected chi connectivity index (χ1v) is 6.93. The summed E-state index contributed by atoms with van der Waals surface area (Å²) in [5.74, 6) is -1.73. The molecule has 6 nitrogen and oxygen atoms in total. The molecule has 112 valence electrons. The Morgan fingerprint density at radius 3 is 1.89 bits per heavy atom. The van der Waals surface area contributed by atoms with Crippen LogP contribution < -0.4 is 0 Å². The van der Waals surface area contributed by atoms with E-state index in [1.807, 2.05) is 0 Å². The van der Waals surface area contributed by atoms with E-state index in [0.717, 1.165) is 0 Å². The van der Waals surface area contributed by atoms with E-state index >= 15 is 0 Å². The molecule has 10 heteroatoms. The molecule has 0 bridgehead atoms. The Labute approximate surface area is 108 Å². The molecule has 0 aromatic heterocycles. The summed E-state index contributed by atoms with van der Waals surface area (Å²) in [4.78, 5) is 11.2. The topological polar surface area (TPSA) is 74.2 Å². The number of nitrogens with zero attached hydrogens (tertiary/aromatic N) is 1. The van der Waals surface area contributed by atoms with E-state index in [9.17, 15) is 22.5 Å². The molecule has 0 aliphatic carbocycles. The molecule has 0 rings (SSSR count). The van der Waals surface area contributed by atoms with Crippen molar-refractivity contribution in [3.63, 3.8) is 0 Å². The number of hydrogen-bond donors (Lipinski definition) is 0. The van der Waals surface area contributed by atoms with Crippen LogP contribution in [-0.4, -0.2) is 37.7 Å². The van der Waals surface area contributed by atoms with E-state index in [1.54, 1.807) is 0 Å². The van der Waals surface area contributed by atoms with Crippen molar-refractivity contribution in [1.82, 2.24) is 0 Å². The van der Waals surface area contributed by atoms with Crippen LogP contribution in [0, 0.1) is 0 Å². The molecule has 0 fully saturated rings. The highest BCUT2D eigenvalue weighted by molar-refractivity contribution is 7.52. The summed E-state index contributed by atoms with van der Waals surface area (Å²) in [6, 6.07) is 0. The zero-order valence-corrected chi connectivity index (χ0v) is 11.6. The first kappa shape index (κ1) is 18.1. The van der Waals surface area contributed by atoms with E-state index in [-0.39, 0.29) is 19.8 Å². The standard InChI is InChI=1S/C9H15F3NO5P/c1-4-16-8(14)7(9(10,11)12)13-19(15,17-5-2)18-6-3/h4-6H2,1-3H3/b13-7-. The number of rotatable bonds is 7. The van der Waals surface area contributed by atoms with E-state index < -0.39 is 25.6 Å². The van der Waals surface area contributed by atoms with Crippen molar-refractivity contribution >= 4 is 19.4 Å². The molecule has 0 amide bonds. The van der Waals surface area contributed by atoms with Gasteiger partial charge in [-0.25, -0.2) is 9.36 Å². The molecule has 0 N–H and O–H groups in total. The van der Waals surface area contributed by atoms with Crippen LogP contribution in [-0.2, 0) is 23.1 Å². The van der Waals surface area contributed by atoms with Crippen LogP contribution in [0.5, 0.6) is 0 Å². The van der Waals surface area contributed by atoms with Gasteiger partial charge in [0.05, 0.1) is 19.8 Å².